The van der Waals surface area contributed by atoms with Crippen LogP contribution in [0.15, 0.2) is 48.5 Å². The van der Waals surface area contributed by atoms with Crippen LogP contribution in [0.25, 0.3) is 0 Å². The summed E-state index contributed by atoms with van der Waals surface area (Å²) in [6.07, 6.45) is 0. The lowest BCUT2D eigenvalue weighted by atomic mass is 9.78. The lowest BCUT2D eigenvalue weighted by Crippen LogP contribution is -2.28. The summed E-state index contributed by atoms with van der Waals surface area (Å²) in [6, 6.07) is 15.0. The van der Waals surface area contributed by atoms with Crippen LogP contribution < -0.4 is 0 Å². The molecular weight excluding hydrogens is 312 g/mol. The highest BCUT2D eigenvalue weighted by atomic mass is 16.5. The molecule has 0 aromatic heterocycles. The molecule has 0 amide bonds. The minimum Gasteiger partial charge on any atom is -0.465 e. The number of Topliss-reactive ketones (excluding diaryl/α,β-unsaturated/α-hetero) is 1. The van der Waals surface area contributed by atoms with Crippen molar-refractivity contribution >= 4 is 11.8 Å². The topological polar surface area (TPSA) is 43.4 Å². The van der Waals surface area contributed by atoms with Gasteiger partial charge in [0.05, 0.1) is 6.61 Å². The quantitative estimate of drug-likeness (QED) is 0.446. The number of hydrogen-bond donors (Lipinski definition) is 0. The SMILES string of the molecule is CCOC(=O)C(C(=O)c1ccccc1C)c1ccccc1C(C)(C)C. The van der Waals surface area contributed by atoms with Gasteiger partial charge in [0, 0.05) is 5.56 Å². The van der Waals surface area contributed by atoms with Crippen LogP contribution in [0.3, 0.4) is 0 Å². The van der Waals surface area contributed by atoms with Crippen molar-refractivity contribution in [2.24, 2.45) is 0 Å². The van der Waals surface area contributed by atoms with E-state index in [2.05, 4.69) is 20.8 Å². The molecule has 0 spiro atoms. The van der Waals surface area contributed by atoms with Gasteiger partial charge >= 0.3 is 5.97 Å². The number of hydrogen-bond acceptors (Lipinski definition) is 3. The molecule has 132 valence electrons. The van der Waals surface area contributed by atoms with Crippen LogP contribution in [-0.4, -0.2) is 18.4 Å². The van der Waals surface area contributed by atoms with Crippen LogP contribution in [0.5, 0.6) is 0 Å². The molecule has 0 saturated carbocycles. The average molecular weight is 338 g/mol. The number of benzene rings is 2. The Morgan fingerprint density at radius 3 is 2.20 bits per heavy atom. The fourth-order valence-electron chi connectivity index (χ4n) is 3.04. The van der Waals surface area contributed by atoms with Crippen LogP contribution in [0, 0.1) is 6.92 Å². The number of aryl methyl sites for hydroxylation is 1. The minimum absolute atomic E-state index is 0.187. The Hall–Kier alpha value is -2.42. The molecule has 0 saturated heterocycles. The van der Waals surface area contributed by atoms with E-state index < -0.39 is 11.9 Å². The molecule has 2 aromatic rings. The van der Waals surface area contributed by atoms with E-state index in [1.165, 1.54) is 0 Å². The number of ketones is 1. The molecule has 0 aliphatic rings. The van der Waals surface area contributed by atoms with Crippen molar-refractivity contribution in [3.05, 3.63) is 70.8 Å². The highest BCUT2D eigenvalue weighted by Crippen LogP contribution is 2.33. The number of esters is 1. The van der Waals surface area contributed by atoms with Gasteiger partial charge in [0.15, 0.2) is 5.78 Å². The molecule has 0 fully saturated rings. The molecule has 25 heavy (non-hydrogen) atoms. The van der Waals surface area contributed by atoms with Crippen LogP contribution in [0.1, 0.15) is 60.7 Å². The van der Waals surface area contributed by atoms with Gasteiger partial charge in [-0.25, -0.2) is 0 Å². The van der Waals surface area contributed by atoms with Crippen molar-refractivity contribution in [1.29, 1.82) is 0 Å². The lowest BCUT2D eigenvalue weighted by Gasteiger charge is -2.26. The van der Waals surface area contributed by atoms with Gasteiger partial charge in [0.1, 0.15) is 5.92 Å². The monoisotopic (exact) mass is 338 g/mol. The molecule has 0 aliphatic carbocycles. The summed E-state index contributed by atoms with van der Waals surface area (Å²) < 4.78 is 5.25. The normalized spacial score (nSPS) is 12.5. The molecule has 0 radical (unpaired) electrons. The van der Waals surface area contributed by atoms with E-state index in [9.17, 15) is 9.59 Å². The summed E-state index contributed by atoms with van der Waals surface area (Å²) in [6.45, 7) is 10.1. The van der Waals surface area contributed by atoms with Crippen molar-refractivity contribution in [2.75, 3.05) is 6.61 Å². The highest BCUT2D eigenvalue weighted by Gasteiger charge is 2.35. The Kier molecular flexibility index (Phi) is 5.78. The van der Waals surface area contributed by atoms with Gasteiger partial charge < -0.3 is 4.74 Å². The summed E-state index contributed by atoms with van der Waals surface area (Å²) in [5, 5.41) is 0. The number of carbonyl (C=O) groups excluding carboxylic acids is 2. The van der Waals surface area contributed by atoms with Gasteiger partial charge in [-0.05, 0) is 36.0 Å². The Morgan fingerprint density at radius 2 is 1.60 bits per heavy atom. The summed E-state index contributed by atoms with van der Waals surface area (Å²) in [5.74, 6) is -1.66. The maximum atomic E-state index is 13.3. The molecule has 0 aliphatic heterocycles. The van der Waals surface area contributed by atoms with Crippen LogP contribution in [-0.2, 0) is 14.9 Å². The summed E-state index contributed by atoms with van der Waals surface area (Å²) in [7, 11) is 0. The Labute approximate surface area is 150 Å². The van der Waals surface area contributed by atoms with Crippen molar-refractivity contribution < 1.29 is 14.3 Å². The molecule has 0 bridgehead atoms. The van der Waals surface area contributed by atoms with E-state index in [1.807, 2.05) is 49.4 Å². The highest BCUT2D eigenvalue weighted by molar-refractivity contribution is 6.13. The molecule has 1 unspecified atom stereocenters. The zero-order chi connectivity index (χ0) is 18.6. The van der Waals surface area contributed by atoms with E-state index in [4.69, 9.17) is 4.74 Å². The van der Waals surface area contributed by atoms with Gasteiger partial charge in [-0.15, -0.1) is 0 Å². The van der Waals surface area contributed by atoms with Gasteiger partial charge in [-0.1, -0.05) is 69.3 Å². The standard InChI is InChI=1S/C22H26O3/c1-6-25-21(24)19(20(23)16-12-8-7-11-15(16)2)17-13-9-10-14-18(17)22(3,4)5/h7-14,19H,6H2,1-5H3. The van der Waals surface area contributed by atoms with Gasteiger partial charge in [-0.2, -0.15) is 0 Å². The lowest BCUT2D eigenvalue weighted by molar-refractivity contribution is -0.143. The zero-order valence-corrected chi connectivity index (χ0v) is 15.6. The van der Waals surface area contributed by atoms with Crippen molar-refractivity contribution in [2.45, 2.75) is 46.0 Å². The first-order valence-corrected chi connectivity index (χ1v) is 8.63. The first kappa shape index (κ1) is 18.9. The van der Waals surface area contributed by atoms with Crippen molar-refractivity contribution in [1.82, 2.24) is 0 Å². The molecule has 3 heteroatoms. The predicted octanol–water partition coefficient (Wildman–Crippen LogP) is 4.82. The molecule has 0 heterocycles. The largest absolute Gasteiger partial charge is 0.465 e. The summed E-state index contributed by atoms with van der Waals surface area (Å²) in [5.41, 5.74) is 2.93. The average Bonchev–Trinajstić information content (AvgIpc) is 2.55. The van der Waals surface area contributed by atoms with Crippen LogP contribution >= 0.6 is 0 Å². The second kappa shape index (κ2) is 7.64. The zero-order valence-electron chi connectivity index (χ0n) is 15.6. The predicted molar refractivity (Wildman–Crippen MR) is 100 cm³/mol. The number of ether oxygens (including phenoxy) is 1. The third-order valence-electron chi connectivity index (χ3n) is 4.27. The van der Waals surface area contributed by atoms with Crippen LogP contribution in [0.4, 0.5) is 0 Å². The second-order valence-electron chi connectivity index (χ2n) is 7.20. The van der Waals surface area contributed by atoms with Gasteiger partial charge in [0.25, 0.3) is 0 Å². The van der Waals surface area contributed by atoms with E-state index in [0.29, 0.717) is 5.56 Å². The fraction of sp³-hybridized carbons (Fsp3) is 0.364. The smallest absolute Gasteiger partial charge is 0.321 e. The van der Waals surface area contributed by atoms with Crippen molar-refractivity contribution in [3.8, 4) is 0 Å². The molecule has 0 N–H and O–H groups in total. The summed E-state index contributed by atoms with van der Waals surface area (Å²) >= 11 is 0. The third-order valence-corrected chi connectivity index (χ3v) is 4.27. The Balaban J connectivity index is 2.62. The first-order chi connectivity index (χ1) is 11.8. The minimum atomic E-state index is -0.948. The van der Waals surface area contributed by atoms with E-state index in [-0.39, 0.29) is 17.8 Å². The second-order valence-corrected chi connectivity index (χ2v) is 7.20. The van der Waals surface area contributed by atoms with Crippen LogP contribution in [0.2, 0.25) is 0 Å². The Bertz CT molecular complexity index is 769. The van der Waals surface area contributed by atoms with Crippen molar-refractivity contribution in [3.63, 3.8) is 0 Å². The summed E-state index contributed by atoms with van der Waals surface area (Å²) in [4.78, 5) is 26.0. The molecule has 1 atom stereocenters. The molecule has 3 nitrogen and oxygen atoms in total. The fourth-order valence-corrected chi connectivity index (χ4v) is 3.04. The Morgan fingerprint density at radius 1 is 1.00 bits per heavy atom. The molecule has 2 aromatic carbocycles. The number of rotatable bonds is 5. The molecule has 2 rings (SSSR count). The first-order valence-electron chi connectivity index (χ1n) is 8.63. The maximum Gasteiger partial charge on any atom is 0.321 e. The van der Waals surface area contributed by atoms with E-state index >= 15 is 0 Å². The third kappa shape index (κ3) is 4.16. The van der Waals surface area contributed by atoms with E-state index in [0.717, 1.165) is 16.7 Å². The van der Waals surface area contributed by atoms with Gasteiger partial charge in [0.2, 0.25) is 0 Å². The number of carbonyl (C=O) groups is 2. The maximum absolute atomic E-state index is 13.3. The van der Waals surface area contributed by atoms with E-state index in [1.54, 1.807) is 13.0 Å². The molecular formula is C22H26O3. The van der Waals surface area contributed by atoms with Gasteiger partial charge in [-0.3, -0.25) is 9.59 Å².